The first-order chi connectivity index (χ1) is 23.2. The van der Waals surface area contributed by atoms with E-state index < -0.39 is 0 Å². The quantitative estimate of drug-likeness (QED) is 0.107. The van der Waals surface area contributed by atoms with Crippen molar-refractivity contribution in [3.63, 3.8) is 0 Å². The third-order valence-corrected chi connectivity index (χ3v) is 11.2. The molecular formula is C44H66N2O2. The third kappa shape index (κ3) is 11.3. The first-order valence-electron chi connectivity index (χ1n) is 19.6. The van der Waals surface area contributed by atoms with E-state index in [2.05, 4.69) is 58.7 Å². The van der Waals surface area contributed by atoms with Crippen LogP contribution in [0.4, 0.5) is 0 Å². The highest BCUT2D eigenvalue weighted by atomic mass is 16.5. The summed E-state index contributed by atoms with van der Waals surface area (Å²) in [5, 5.41) is 0. The minimum atomic E-state index is -0.0349. The molecule has 0 saturated heterocycles. The predicted octanol–water partition coefficient (Wildman–Crippen LogP) is 11.9. The number of hydrogen-bond acceptors (Lipinski definition) is 3. The molecule has 3 heterocycles. The standard InChI is InChI=1S/C44H66N2O2/c1-7-8-12-20-34(2)21-17-22-35(3)23-19-30-44(6)31-29-40-37(5)39(36(4)33-41(40)48-44)26-14-11-9-10-13-24-38-25-18-28-43(47)46(38)42-27-15-16-32-45-42/h15-16,18,25,27-28,32-35H,7-14,17,19-24,26,29-31H2,1-6H3. The molecule has 0 fully saturated rings. The smallest absolute Gasteiger partial charge is 0.256 e. The summed E-state index contributed by atoms with van der Waals surface area (Å²) in [6.45, 7) is 14.2. The first-order valence-corrected chi connectivity index (χ1v) is 19.6. The minimum Gasteiger partial charge on any atom is -0.487 e. The van der Waals surface area contributed by atoms with Crippen LogP contribution in [0.1, 0.15) is 158 Å². The molecular weight excluding hydrogens is 588 g/mol. The molecule has 1 aliphatic rings. The molecule has 0 spiro atoms. The Morgan fingerprint density at radius 3 is 2.27 bits per heavy atom. The largest absolute Gasteiger partial charge is 0.487 e. The van der Waals surface area contributed by atoms with Crippen molar-refractivity contribution in [3.05, 3.63) is 87.0 Å². The van der Waals surface area contributed by atoms with Crippen LogP contribution in [0.5, 0.6) is 5.75 Å². The fourth-order valence-electron chi connectivity index (χ4n) is 7.98. The average Bonchev–Trinajstić information content (AvgIpc) is 3.06. The van der Waals surface area contributed by atoms with E-state index in [-0.39, 0.29) is 11.2 Å². The Bertz CT molecular complexity index is 1440. The van der Waals surface area contributed by atoms with E-state index in [1.807, 2.05) is 24.3 Å². The van der Waals surface area contributed by atoms with E-state index in [0.717, 1.165) is 61.8 Å². The van der Waals surface area contributed by atoms with E-state index in [4.69, 9.17) is 4.74 Å². The van der Waals surface area contributed by atoms with Crippen LogP contribution in [0.25, 0.3) is 5.82 Å². The number of benzene rings is 1. The lowest BCUT2D eigenvalue weighted by Crippen LogP contribution is -2.36. The maximum atomic E-state index is 12.6. The number of rotatable bonds is 21. The molecule has 4 rings (SSSR count). The van der Waals surface area contributed by atoms with Crippen LogP contribution in [0.15, 0.2) is 53.5 Å². The van der Waals surface area contributed by atoms with Crippen LogP contribution < -0.4 is 10.3 Å². The van der Waals surface area contributed by atoms with Gasteiger partial charge in [0.2, 0.25) is 0 Å². The van der Waals surface area contributed by atoms with Crippen LogP contribution in [0, 0.1) is 25.7 Å². The molecule has 264 valence electrons. The summed E-state index contributed by atoms with van der Waals surface area (Å²) in [4.78, 5) is 17.0. The summed E-state index contributed by atoms with van der Waals surface area (Å²) in [6.07, 6.45) is 25.5. The number of nitrogens with zero attached hydrogens (tertiary/aromatic N) is 2. The molecule has 4 nitrogen and oxygen atoms in total. The van der Waals surface area contributed by atoms with Gasteiger partial charge in [-0.25, -0.2) is 4.98 Å². The summed E-state index contributed by atoms with van der Waals surface area (Å²) in [7, 11) is 0. The topological polar surface area (TPSA) is 44.1 Å². The van der Waals surface area contributed by atoms with Gasteiger partial charge in [0, 0.05) is 18.0 Å². The molecule has 0 radical (unpaired) electrons. The van der Waals surface area contributed by atoms with Gasteiger partial charge in [0.1, 0.15) is 17.2 Å². The van der Waals surface area contributed by atoms with Crippen LogP contribution in [0.3, 0.4) is 0 Å². The van der Waals surface area contributed by atoms with E-state index in [9.17, 15) is 4.79 Å². The maximum Gasteiger partial charge on any atom is 0.256 e. The van der Waals surface area contributed by atoms with Crippen molar-refractivity contribution in [1.82, 2.24) is 9.55 Å². The molecule has 0 bridgehead atoms. The van der Waals surface area contributed by atoms with E-state index >= 15 is 0 Å². The van der Waals surface area contributed by atoms with Crippen molar-refractivity contribution >= 4 is 0 Å². The third-order valence-electron chi connectivity index (χ3n) is 11.2. The van der Waals surface area contributed by atoms with E-state index in [0.29, 0.717) is 5.82 Å². The van der Waals surface area contributed by atoms with Gasteiger partial charge in [-0.15, -0.1) is 0 Å². The van der Waals surface area contributed by atoms with E-state index in [1.54, 1.807) is 16.8 Å². The van der Waals surface area contributed by atoms with Crippen molar-refractivity contribution in [2.45, 2.75) is 169 Å². The fraction of sp³-hybridized carbons (Fsp3) is 0.636. The number of hydrogen-bond donors (Lipinski definition) is 0. The summed E-state index contributed by atoms with van der Waals surface area (Å²) in [5.74, 6) is 3.57. The minimum absolute atomic E-state index is 0.00858. The van der Waals surface area contributed by atoms with Gasteiger partial charge in [-0.3, -0.25) is 9.36 Å². The van der Waals surface area contributed by atoms with Crippen LogP contribution in [-0.4, -0.2) is 15.2 Å². The SMILES string of the molecule is CCCCCC(C)CCCC(C)CCCC1(C)CCc2c(cc(C)c(CCCCCCCc3cccc(=O)n3-c3ccccn3)c2C)O1. The number of ether oxygens (including phenoxy) is 1. The summed E-state index contributed by atoms with van der Waals surface area (Å²) >= 11 is 0. The van der Waals surface area contributed by atoms with Gasteiger partial charge in [0.15, 0.2) is 0 Å². The number of pyridine rings is 2. The molecule has 1 aliphatic heterocycles. The molecule has 0 N–H and O–H groups in total. The molecule has 0 saturated carbocycles. The Morgan fingerprint density at radius 2 is 1.54 bits per heavy atom. The second kappa shape index (κ2) is 19.3. The second-order valence-corrected chi connectivity index (χ2v) is 15.5. The lowest BCUT2D eigenvalue weighted by atomic mass is 9.83. The molecule has 4 heteroatoms. The number of unbranched alkanes of at least 4 members (excludes halogenated alkanes) is 6. The van der Waals surface area contributed by atoms with Crippen molar-refractivity contribution in [2.75, 3.05) is 0 Å². The highest BCUT2D eigenvalue weighted by Crippen LogP contribution is 2.40. The number of aromatic nitrogens is 2. The molecule has 3 aromatic rings. The molecule has 3 atom stereocenters. The zero-order chi connectivity index (χ0) is 34.4. The Labute approximate surface area is 293 Å². The van der Waals surface area contributed by atoms with Crippen molar-refractivity contribution in [2.24, 2.45) is 11.8 Å². The maximum absolute atomic E-state index is 12.6. The normalized spacial score (nSPS) is 17.1. The van der Waals surface area contributed by atoms with Gasteiger partial charge in [-0.05, 0) is 130 Å². The van der Waals surface area contributed by atoms with Gasteiger partial charge in [-0.1, -0.05) is 104 Å². The molecule has 0 amide bonds. The van der Waals surface area contributed by atoms with Gasteiger partial charge < -0.3 is 4.74 Å². The van der Waals surface area contributed by atoms with Gasteiger partial charge >= 0.3 is 0 Å². The highest BCUT2D eigenvalue weighted by Gasteiger charge is 2.32. The Morgan fingerprint density at radius 1 is 0.833 bits per heavy atom. The van der Waals surface area contributed by atoms with Gasteiger partial charge in [0.25, 0.3) is 5.56 Å². The Kier molecular flexibility index (Phi) is 15.3. The summed E-state index contributed by atoms with van der Waals surface area (Å²) in [6, 6.07) is 13.6. The first kappa shape index (κ1) is 37.9. The number of aryl methyl sites for hydroxylation is 2. The van der Waals surface area contributed by atoms with Gasteiger partial charge in [0.05, 0.1) is 0 Å². The van der Waals surface area contributed by atoms with Crippen molar-refractivity contribution < 1.29 is 4.74 Å². The zero-order valence-electron chi connectivity index (χ0n) is 31.4. The van der Waals surface area contributed by atoms with Crippen molar-refractivity contribution in [1.29, 1.82) is 0 Å². The average molecular weight is 655 g/mol. The zero-order valence-corrected chi connectivity index (χ0v) is 31.4. The van der Waals surface area contributed by atoms with Crippen LogP contribution in [-0.2, 0) is 19.3 Å². The monoisotopic (exact) mass is 655 g/mol. The molecule has 1 aromatic carbocycles. The summed E-state index contributed by atoms with van der Waals surface area (Å²) in [5.41, 5.74) is 6.86. The van der Waals surface area contributed by atoms with Gasteiger partial charge in [-0.2, -0.15) is 0 Å². The molecule has 3 unspecified atom stereocenters. The Balaban J connectivity index is 1.16. The molecule has 0 aliphatic carbocycles. The molecule has 48 heavy (non-hydrogen) atoms. The highest BCUT2D eigenvalue weighted by molar-refractivity contribution is 5.50. The molecule has 2 aromatic heterocycles. The van der Waals surface area contributed by atoms with E-state index in [1.165, 1.54) is 106 Å². The Hall–Kier alpha value is -2.88. The van der Waals surface area contributed by atoms with Crippen LogP contribution >= 0.6 is 0 Å². The lowest BCUT2D eigenvalue weighted by molar-refractivity contribution is 0.0521. The van der Waals surface area contributed by atoms with Crippen molar-refractivity contribution in [3.8, 4) is 11.6 Å². The second-order valence-electron chi connectivity index (χ2n) is 15.5. The van der Waals surface area contributed by atoms with Crippen LogP contribution in [0.2, 0.25) is 0 Å². The predicted molar refractivity (Wildman–Crippen MR) is 204 cm³/mol. The summed E-state index contributed by atoms with van der Waals surface area (Å²) < 4.78 is 8.56. The number of fused-ring (bicyclic) bond motifs is 1. The fourth-order valence-corrected chi connectivity index (χ4v) is 7.98. The lowest BCUT2D eigenvalue weighted by Gasteiger charge is -2.37.